The number of rotatable bonds is 5. The van der Waals surface area contributed by atoms with Gasteiger partial charge in [-0.05, 0) is 30.7 Å². The molecule has 0 spiro atoms. The van der Waals surface area contributed by atoms with Gasteiger partial charge in [0.25, 0.3) is 11.1 Å². The fourth-order valence-electron chi connectivity index (χ4n) is 3.11. The number of hydrogen-bond acceptors (Lipinski definition) is 5. The van der Waals surface area contributed by atoms with E-state index in [0.29, 0.717) is 16.6 Å². The van der Waals surface area contributed by atoms with E-state index in [0.717, 1.165) is 5.39 Å². The molecule has 2 aromatic heterocycles. The van der Waals surface area contributed by atoms with Crippen molar-refractivity contribution in [3.8, 4) is 0 Å². The van der Waals surface area contributed by atoms with E-state index in [9.17, 15) is 14.0 Å². The van der Waals surface area contributed by atoms with Crippen LogP contribution in [0, 0.1) is 5.82 Å². The van der Waals surface area contributed by atoms with Crippen LogP contribution < -0.4 is 16.4 Å². The molecule has 146 valence electrons. The molecule has 0 saturated carbocycles. The molecule has 7 nitrogen and oxygen atoms in total. The summed E-state index contributed by atoms with van der Waals surface area (Å²) in [4.78, 5) is 31.9. The van der Waals surface area contributed by atoms with Gasteiger partial charge in [-0.2, -0.15) is 5.10 Å². The summed E-state index contributed by atoms with van der Waals surface area (Å²) < 4.78 is 14.6. The molecule has 4 aromatic rings. The standard InChI is InChI=1S/C21H18FN5O2/c1-13(27-20(29)17-8-3-2-6-15(17)12-24-27)18-10-19(28)26-21(25-18)23-11-14-5-4-7-16(22)9-14/h2-10,12-13H,11H2,1H3,(H2,23,25,26,28). The first-order valence-electron chi connectivity index (χ1n) is 9.07. The smallest absolute Gasteiger partial charge is 0.275 e. The first kappa shape index (κ1) is 18.5. The number of fused-ring (bicyclic) bond motifs is 1. The molecule has 4 rings (SSSR count). The van der Waals surface area contributed by atoms with Crippen molar-refractivity contribution in [3.05, 3.63) is 98.6 Å². The number of aromatic nitrogens is 4. The zero-order valence-corrected chi connectivity index (χ0v) is 15.6. The second kappa shape index (κ2) is 7.67. The molecule has 2 aromatic carbocycles. The maximum Gasteiger partial charge on any atom is 0.275 e. The highest BCUT2D eigenvalue weighted by Gasteiger charge is 2.15. The molecule has 29 heavy (non-hydrogen) atoms. The Morgan fingerprint density at radius 1 is 1.14 bits per heavy atom. The summed E-state index contributed by atoms with van der Waals surface area (Å²) in [6, 6.07) is 14.1. The van der Waals surface area contributed by atoms with Crippen molar-refractivity contribution in [2.24, 2.45) is 0 Å². The monoisotopic (exact) mass is 391 g/mol. The lowest BCUT2D eigenvalue weighted by atomic mass is 10.2. The van der Waals surface area contributed by atoms with Gasteiger partial charge in [0.05, 0.1) is 23.3 Å². The molecule has 0 amide bonds. The van der Waals surface area contributed by atoms with Gasteiger partial charge in [-0.3, -0.25) is 14.6 Å². The molecule has 0 aliphatic heterocycles. The van der Waals surface area contributed by atoms with Crippen LogP contribution in [0.1, 0.15) is 24.2 Å². The van der Waals surface area contributed by atoms with Gasteiger partial charge in [0.15, 0.2) is 0 Å². The van der Waals surface area contributed by atoms with E-state index in [1.165, 1.54) is 22.9 Å². The number of halogens is 1. The lowest BCUT2D eigenvalue weighted by molar-refractivity contribution is 0.524. The van der Waals surface area contributed by atoms with Crippen molar-refractivity contribution in [1.29, 1.82) is 0 Å². The van der Waals surface area contributed by atoms with Crippen molar-refractivity contribution in [3.63, 3.8) is 0 Å². The van der Waals surface area contributed by atoms with Gasteiger partial charge in [-0.25, -0.2) is 14.1 Å². The quantitative estimate of drug-likeness (QED) is 0.546. The van der Waals surface area contributed by atoms with Gasteiger partial charge in [-0.1, -0.05) is 30.3 Å². The number of benzene rings is 2. The number of nitrogens with one attached hydrogen (secondary N) is 2. The summed E-state index contributed by atoms with van der Waals surface area (Å²) in [6.45, 7) is 2.04. The fourth-order valence-corrected chi connectivity index (χ4v) is 3.11. The molecule has 0 saturated heterocycles. The maximum absolute atomic E-state index is 13.3. The van der Waals surface area contributed by atoms with Gasteiger partial charge in [0, 0.05) is 18.0 Å². The Hall–Kier alpha value is -3.81. The van der Waals surface area contributed by atoms with Crippen molar-refractivity contribution in [2.75, 3.05) is 5.32 Å². The Morgan fingerprint density at radius 3 is 2.79 bits per heavy atom. The highest BCUT2D eigenvalue weighted by atomic mass is 19.1. The summed E-state index contributed by atoms with van der Waals surface area (Å²) in [7, 11) is 0. The van der Waals surface area contributed by atoms with E-state index in [4.69, 9.17) is 0 Å². The third-order valence-corrected chi connectivity index (χ3v) is 4.63. The van der Waals surface area contributed by atoms with E-state index in [1.807, 2.05) is 12.1 Å². The number of anilines is 1. The summed E-state index contributed by atoms with van der Waals surface area (Å²) >= 11 is 0. The predicted molar refractivity (Wildman–Crippen MR) is 108 cm³/mol. The Morgan fingerprint density at radius 2 is 1.97 bits per heavy atom. The Balaban J connectivity index is 1.64. The second-order valence-corrected chi connectivity index (χ2v) is 6.66. The minimum atomic E-state index is -0.552. The first-order valence-corrected chi connectivity index (χ1v) is 9.07. The van der Waals surface area contributed by atoms with Crippen LogP contribution in [0.25, 0.3) is 10.8 Å². The highest BCUT2D eigenvalue weighted by Crippen LogP contribution is 2.15. The first-order chi connectivity index (χ1) is 14.0. The molecule has 2 N–H and O–H groups in total. The van der Waals surface area contributed by atoms with Crippen LogP contribution in [0.15, 0.2) is 70.4 Å². The van der Waals surface area contributed by atoms with Gasteiger partial charge in [-0.15, -0.1) is 0 Å². The van der Waals surface area contributed by atoms with E-state index in [-0.39, 0.29) is 29.4 Å². The van der Waals surface area contributed by atoms with Crippen LogP contribution in [-0.2, 0) is 6.54 Å². The highest BCUT2D eigenvalue weighted by molar-refractivity contribution is 5.80. The molecule has 1 unspecified atom stereocenters. The summed E-state index contributed by atoms with van der Waals surface area (Å²) in [5, 5.41) is 8.51. The van der Waals surface area contributed by atoms with Crippen LogP contribution >= 0.6 is 0 Å². The molecule has 1 atom stereocenters. The lowest BCUT2D eigenvalue weighted by Gasteiger charge is -2.15. The van der Waals surface area contributed by atoms with E-state index in [2.05, 4.69) is 20.4 Å². The Labute approximate surface area is 164 Å². The topological polar surface area (TPSA) is 92.7 Å². The van der Waals surface area contributed by atoms with Crippen LogP contribution in [-0.4, -0.2) is 19.7 Å². The van der Waals surface area contributed by atoms with Crippen LogP contribution in [0.5, 0.6) is 0 Å². The Kier molecular flexibility index (Phi) is 4.90. The minimum absolute atomic E-state index is 0.234. The van der Waals surface area contributed by atoms with Gasteiger partial charge < -0.3 is 5.32 Å². The normalized spacial score (nSPS) is 12.1. The average molecular weight is 391 g/mol. The summed E-state index contributed by atoms with van der Waals surface area (Å²) in [5.41, 5.74) is 0.475. The number of aromatic amines is 1. The molecule has 0 bridgehead atoms. The zero-order chi connectivity index (χ0) is 20.4. The summed E-state index contributed by atoms with van der Waals surface area (Å²) in [5.74, 6) is -0.104. The molecule has 0 fully saturated rings. The third-order valence-electron chi connectivity index (χ3n) is 4.63. The molecular weight excluding hydrogens is 373 g/mol. The predicted octanol–water partition coefficient (Wildman–Crippen LogP) is 2.84. The second-order valence-electron chi connectivity index (χ2n) is 6.66. The van der Waals surface area contributed by atoms with E-state index >= 15 is 0 Å². The number of H-pyrrole nitrogens is 1. The average Bonchev–Trinajstić information content (AvgIpc) is 2.72. The number of hydrogen-bond donors (Lipinski definition) is 2. The minimum Gasteiger partial charge on any atom is -0.352 e. The van der Waals surface area contributed by atoms with Gasteiger partial charge >= 0.3 is 0 Å². The fraction of sp³-hybridized carbons (Fsp3) is 0.143. The molecule has 0 aliphatic carbocycles. The molecule has 0 aliphatic rings. The Bertz CT molecular complexity index is 1300. The van der Waals surface area contributed by atoms with Crippen molar-refractivity contribution < 1.29 is 4.39 Å². The van der Waals surface area contributed by atoms with Gasteiger partial charge in [0.1, 0.15) is 5.82 Å². The largest absolute Gasteiger partial charge is 0.352 e. The molecular formula is C21H18FN5O2. The van der Waals surface area contributed by atoms with Gasteiger partial charge in [0.2, 0.25) is 5.95 Å². The third kappa shape index (κ3) is 3.91. The van der Waals surface area contributed by atoms with Crippen LogP contribution in [0.4, 0.5) is 10.3 Å². The van der Waals surface area contributed by atoms with Crippen molar-refractivity contribution in [1.82, 2.24) is 19.7 Å². The van der Waals surface area contributed by atoms with E-state index in [1.54, 1.807) is 37.4 Å². The van der Waals surface area contributed by atoms with E-state index < -0.39 is 6.04 Å². The SMILES string of the molecule is CC(c1cc(=O)[nH]c(NCc2cccc(F)c2)n1)n1ncc2ccccc2c1=O. The van der Waals surface area contributed by atoms with Crippen LogP contribution in [0.2, 0.25) is 0 Å². The molecule has 0 radical (unpaired) electrons. The maximum atomic E-state index is 13.3. The van der Waals surface area contributed by atoms with Crippen molar-refractivity contribution >= 4 is 16.7 Å². The summed E-state index contributed by atoms with van der Waals surface area (Å²) in [6.07, 6.45) is 1.61. The van der Waals surface area contributed by atoms with Crippen LogP contribution in [0.3, 0.4) is 0 Å². The number of nitrogens with zero attached hydrogens (tertiary/aromatic N) is 3. The molecule has 8 heteroatoms. The molecule has 2 heterocycles. The zero-order valence-electron chi connectivity index (χ0n) is 15.6. The lowest BCUT2D eigenvalue weighted by Crippen LogP contribution is -2.28. The van der Waals surface area contributed by atoms with Crippen molar-refractivity contribution in [2.45, 2.75) is 19.5 Å².